The van der Waals surface area contributed by atoms with Crippen molar-refractivity contribution in [1.29, 1.82) is 0 Å². The van der Waals surface area contributed by atoms with Gasteiger partial charge in [0.25, 0.3) is 0 Å². The van der Waals surface area contributed by atoms with Gasteiger partial charge in [-0.05, 0) is 76.1 Å². The van der Waals surface area contributed by atoms with Crippen molar-refractivity contribution in [2.75, 3.05) is 27.2 Å². The third kappa shape index (κ3) is 3.85. The molecule has 0 unspecified atom stereocenters. The second-order valence-corrected chi connectivity index (χ2v) is 8.51. The molecular formula is C24H29N5S. The first-order valence-corrected chi connectivity index (χ1v) is 10.7. The highest BCUT2D eigenvalue weighted by molar-refractivity contribution is 7.80. The predicted octanol–water partition coefficient (Wildman–Crippen LogP) is 4.02. The van der Waals surface area contributed by atoms with E-state index in [0.29, 0.717) is 0 Å². The lowest BCUT2D eigenvalue weighted by molar-refractivity contribution is 0.277. The Balaban J connectivity index is 1.80. The molecule has 2 aromatic heterocycles. The van der Waals surface area contributed by atoms with E-state index in [9.17, 15) is 0 Å². The van der Waals surface area contributed by atoms with Gasteiger partial charge in [-0.3, -0.25) is 4.98 Å². The van der Waals surface area contributed by atoms with Gasteiger partial charge in [-0.15, -0.1) is 0 Å². The van der Waals surface area contributed by atoms with Gasteiger partial charge >= 0.3 is 0 Å². The molecule has 3 aromatic rings. The minimum absolute atomic E-state index is 0.0191. The Hall–Kier alpha value is -2.70. The van der Waals surface area contributed by atoms with Crippen LogP contribution >= 0.6 is 12.2 Å². The molecule has 3 heterocycles. The van der Waals surface area contributed by atoms with Gasteiger partial charge < -0.3 is 19.7 Å². The fourth-order valence-corrected chi connectivity index (χ4v) is 4.69. The van der Waals surface area contributed by atoms with Gasteiger partial charge in [-0.25, -0.2) is 0 Å². The van der Waals surface area contributed by atoms with E-state index in [4.69, 9.17) is 12.2 Å². The molecule has 0 saturated carbocycles. The fourth-order valence-electron chi connectivity index (χ4n) is 4.35. The largest absolute Gasteiger partial charge is 0.352 e. The normalized spacial score (nSPS) is 18.8. The summed E-state index contributed by atoms with van der Waals surface area (Å²) in [5.41, 5.74) is 5.95. The Morgan fingerprint density at radius 1 is 1.07 bits per heavy atom. The second-order valence-electron chi connectivity index (χ2n) is 8.12. The van der Waals surface area contributed by atoms with Crippen molar-refractivity contribution >= 4 is 17.3 Å². The van der Waals surface area contributed by atoms with E-state index < -0.39 is 0 Å². The van der Waals surface area contributed by atoms with E-state index in [-0.39, 0.29) is 12.1 Å². The van der Waals surface area contributed by atoms with Gasteiger partial charge in [-0.1, -0.05) is 24.3 Å². The standard InChI is InChI=1S/C24H29N5S/c1-17-16-20(18(2)29(17)19-10-6-5-7-11-19)23-22(21-12-8-9-13-25-21)26-24(30)28(23)15-14-27(3)4/h5-13,16,22-23H,14-15H2,1-4H3,(H,26,30)/t22-,23-/m0/s1. The molecule has 4 rings (SSSR count). The summed E-state index contributed by atoms with van der Waals surface area (Å²) in [5, 5.41) is 4.35. The van der Waals surface area contributed by atoms with Crippen LogP contribution in [-0.4, -0.2) is 51.6 Å². The molecule has 6 heteroatoms. The number of thiocarbonyl (C=S) groups is 1. The number of hydrogen-bond acceptors (Lipinski definition) is 3. The van der Waals surface area contributed by atoms with E-state index in [1.165, 1.54) is 22.6 Å². The van der Waals surface area contributed by atoms with Gasteiger partial charge in [0.05, 0.1) is 17.8 Å². The number of rotatable bonds is 6. The molecule has 1 fully saturated rings. The third-order valence-electron chi connectivity index (χ3n) is 5.79. The molecular weight excluding hydrogens is 390 g/mol. The quantitative estimate of drug-likeness (QED) is 0.611. The van der Waals surface area contributed by atoms with Gasteiger partial charge in [0, 0.05) is 36.4 Å². The number of benzene rings is 1. The molecule has 0 bridgehead atoms. The number of likely N-dealkylation sites (N-methyl/N-ethyl adjacent to an activating group) is 1. The molecule has 5 nitrogen and oxygen atoms in total. The van der Waals surface area contributed by atoms with Gasteiger partial charge in [0.15, 0.2) is 5.11 Å². The highest BCUT2D eigenvalue weighted by Crippen LogP contribution is 2.41. The van der Waals surface area contributed by atoms with Crippen LogP contribution in [0.2, 0.25) is 0 Å². The first-order chi connectivity index (χ1) is 14.5. The smallest absolute Gasteiger partial charge is 0.170 e. The summed E-state index contributed by atoms with van der Waals surface area (Å²) in [6, 6.07) is 19.0. The van der Waals surface area contributed by atoms with Crippen molar-refractivity contribution in [1.82, 2.24) is 24.7 Å². The zero-order valence-corrected chi connectivity index (χ0v) is 18.9. The van der Waals surface area contributed by atoms with Crippen LogP contribution in [0.4, 0.5) is 0 Å². The van der Waals surface area contributed by atoms with Crippen LogP contribution < -0.4 is 5.32 Å². The van der Waals surface area contributed by atoms with Crippen molar-refractivity contribution in [3.05, 3.63) is 83.4 Å². The second kappa shape index (κ2) is 8.58. The van der Waals surface area contributed by atoms with Crippen molar-refractivity contribution < 1.29 is 0 Å². The first-order valence-electron chi connectivity index (χ1n) is 10.3. The zero-order valence-electron chi connectivity index (χ0n) is 18.0. The lowest BCUT2D eigenvalue weighted by atomic mass is 9.97. The molecule has 0 amide bonds. The summed E-state index contributed by atoms with van der Waals surface area (Å²) in [5.74, 6) is 0. The van der Waals surface area contributed by atoms with Crippen LogP contribution in [0.1, 0.15) is 34.7 Å². The number of para-hydroxylation sites is 1. The van der Waals surface area contributed by atoms with Crippen LogP contribution in [0.5, 0.6) is 0 Å². The van der Waals surface area contributed by atoms with Crippen LogP contribution in [0.3, 0.4) is 0 Å². The average molecular weight is 420 g/mol. The van der Waals surface area contributed by atoms with E-state index in [1.54, 1.807) is 0 Å². The molecule has 1 saturated heterocycles. The lowest BCUT2D eigenvalue weighted by Crippen LogP contribution is -2.35. The molecule has 1 aliphatic rings. The Bertz CT molecular complexity index is 1010. The van der Waals surface area contributed by atoms with E-state index in [0.717, 1.165) is 23.9 Å². The first kappa shape index (κ1) is 20.6. The number of aromatic nitrogens is 2. The van der Waals surface area contributed by atoms with Gasteiger partial charge in [-0.2, -0.15) is 0 Å². The molecule has 0 spiro atoms. The van der Waals surface area contributed by atoms with Crippen LogP contribution in [0.25, 0.3) is 5.69 Å². The Kier molecular flexibility index (Phi) is 5.88. The molecule has 1 N–H and O–H groups in total. The predicted molar refractivity (Wildman–Crippen MR) is 126 cm³/mol. The Morgan fingerprint density at radius 3 is 2.47 bits per heavy atom. The highest BCUT2D eigenvalue weighted by Gasteiger charge is 2.41. The van der Waals surface area contributed by atoms with Crippen LogP contribution in [0.15, 0.2) is 60.8 Å². The summed E-state index contributed by atoms with van der Waals surface area (Å²) in [4.78, 5) is 9.17. The lowest BCUT2D eigenvalue weighted by Gasteiger charge is -2.29. The summed E-state index contributed by atoms with van der Waals surface area (Å²) >= 11 is 5.78. The van der Waals surface area contributed by atoms with Gasteiger partial charge in [0.1, 0.15) is 0 Å². The highest BCUT2D eigenvalue weighted by atomic mass is 32.1. The molecule has 2 atom stereocenters. The maximum atomic E-state index is 5.78. The molecule has 1 aromatic carbocycles. The Morgan fingerprint density at radius 2 is 1.80 bits per heavy atom. The van der Waals surface area contributed by atoms with E-state index in [1.807, 2.05) is 18.3 Å². The molecule has 30 heavy (non-hydrogen) atoms. The molecule has 0 aliphatic carbocycles. The summed E-state index contributed by atoms with van der Waals surface area (Å²) < 4.78 is 2.33. The monoisotopic (exact) mass is 419 g/mol. The van der Waals surface area contributed by atoms with Crippen LogP contribution in [0, 0.1) is 13.8 Å². The summed E-state index contributed by atoms with van der Waals surface area (Å²) in [7, 11) is 4.19. The SMILES string of the molecule is Cc1cc([C@H]2[C@H](c3ccccn3)NC(=S)N2CCN(C)C)c(C)n1-c1ccccc1. The number of hydrogen-bond donors (Lipinski definition) is 1. The minimum Gasteiger partial charge on any atom is -0.352 e. The maximum Gasteiger partial charge on any atom is 0.170 e. The number of nitrogens with one attached hydrogen (secondary N) is 1. The number of aryl methyl sites for hydroxylation is 1. The zero-order chi connectivity index (χ0) is 21.3. The molecule has 0 radical (unpaired) electrons. The minimum atomic E-state index is 0.0191. The van der Waals surface area contributed by atoms with Crippen molar-refractivity contribution in [2.24, 2.45) is 0 Å². The molecule has 1 aliphatic heterocycles. The summed E-state index contributed by atoms with van der Waals surface area (Å²) in [6.07, 6.45) is 1.85. The van der Waals surface area contributed by atoms with Crippen molar-refractivity contribution in [3.63, 3.8) is 0 Å². The molecule has 156 valence electrons. The van der Waals surface area contributed by atoms with Gasteiger partial charge in [0.2, 0.25) is 0 Å². The van der Waals surface area contributed by atoms with Crippen LogP contribution in [-0.2, 0) is 0 Å². The van der Waals surface area contributed by atoms with Crippen molar-refractivity contribution in [2.45, 2.75) is 25.9 Å². The maximum absolute atomic E-state index is 5.78. The summed E-state index contributed by atoms with van der Waals surface area (Å²) in [6.45, 7) is 6.17. The van der Waals surface area contributed by atoms with E-state index in [2.05, 4.69) is 95.1 Å². The fraction of sp³-hybridized carbons (Fsp3) is 0.333. The Labute approximate surface area is 184 Å². The topological polar surface area (TPSA) is 36.3 Å². The van der Waals surface area contributed by atoms with E-state index >= 15 is 0 Å². The van der Waals surface area contributed by atoms with Crippen molar-refractivity contribution in [3.8, 4) is 5.69 Å². The number of pyridine rings is 1. The average Bonchev–Trinajstić information content (AvgIpc) is 3.22. The number of nitrogens with zero attached hydrogens (tertiary/aromatic N) is 4. The third-order valence-corrected chi connectivity index (χ3v) is 6.14.